The first-order chi connectivity index (χ1) is 43.8. The molecule has 0 aliphatic carbocycles. The molecule has 34 nitrogen and oxygen atoms in total. The van der Waals surface area contributed by atoms with Gasteiger partial charge in [0.1, 0.15) is 61.0 Å². The highest BCUT2D eigenvalue weighted by atomic mass is 16.6. The van der Waals surface area contributed by atoms with Crippen molar-refractivity contribution in [1.82, 2.24) is 31.9 Å². The highest BCUT2D eigenvalue weighted by Gasteiger charge is 2.37. The molecular weight excluding hydrogens is 1240 g/mol. The Hall–Kier alpha value is -11.5. The summed E-state index contributed by atoms with van der Waals surface area (Å²) >= 11 is 0. The number of methoxy groups -OCH3 is 2. The third-order valence-electron chi connectivity index (χ3n) is 13.6. The number of amides is 6. The van der Waals surface area contributed by atoms with Crippen LogP contribution in [-0.4, -0.2) is 201 Å². The normalized spacial score (nSPS) is 13.8. The molecule has 1 unspecified atom stereocenters. The molecule has 0 aliphatic rings. The maximum absolute atomic E-state index is 13.7. The lowest BCUT2D eigenvalue weighted by atomic mass is 9.97. The van der Waals surface area contributed by atoms with Crippen molar-refractivity contribution in [3.8, 4) is 11.5 Å². The molecule has 4 aromatic carbocycles. The van der Waals surface area contributed by atoms with Gasteiger partial charge in [-0.05, 0) is 70.8 Å². The van der Waals surface area contributed by atoms with Crippen molar-refractivity contribution in [3.63, 3.8) is 0 Å². The molecular formula is C59H66N6O28. The Balaban J connectivity index is 1.46. The van der Waals surface area contributed by atoms with Crippen LogP contribution in [0.4, 0.5) is 0 Å². The fraction of sp³-hybridized carbons (Fsp3) is 0.390. The Bertz CT molecular complexity index is 3540. The van der Waals surface area contributed by atoms with Gasteiger partial charge in [0.05, 0.1) is 71.0 Å². The van der Waals surface area contributed by atoms with Crippen LogP contribution in [0.25, 0.3) is 21.5 Å². The zero-order chi connectivity index (χ0) is 69.4. The fourth-order valence-electron chi connectivity index (χ4n) is 8.63. The summed E-state index contributed by atoms with van der Waals surface area (Å²) in [7, 11) is 3.02. The minimum Gasteiger partial charge on any atom is -0.497 e. The maximum Gasteiger partial charge on any atom is 0.326 e. The molecule has 34 heteroatoms. The van der Waals surface area contributed by atoms with E-state index in [1.807, 2.05) is 10.6 Å². The van der Waals surface area contributed by atoms with Gasteiger partial charge in [-0.3, -0.25) is 71.9 Å². The first-order valence-electron chi connectivity index (χ1n) is 27.8. The summed E-state index contributed by atoms with van der Waals surface area (Å²) in [6.07, 6.45) is -11.2. The van der Waals surface area contributed by atoms with Crippen LogP contribution in [0.5, 0.6) is 11.5 Å². The van der Waals surface area contributed by atoms with Gasteiger partial charge in [0.2, 0.25) is 35.4 Å². The molecule has 0 fully saturated rings. The number of carboxylic acid groups (broad SMARTS) is 7. The van der Waals surface area contributed by atoms with Gasteiger partial charge in [0, 0.05) is 6.42 Å². The SMILES string of the molecule is COc1ccc2cc([C@H](C)C(=O)OCC(COC(=O)CCC(=O)N[C@@H](CC(=O)O)C(=O)N[C@@H](CC(=O)O)C(=O)N[C@@H](CC(=O)O)C(=O)N[C@@H](CC(=O)O)C(=O)N[C@@H](CC(=O)O)C(=O)N[C@@H](CC(=O)O)C(=O)O)OC(=O)[C@@H](C)c3ccc4cc(OC)ccc4c3)ccc2c1. The third-order valence-corrected chi connectivity index (χ3v) is 13.6. The molecule has 500 valence electrons. The summed E-state index contributed by atoms with van der Waals surface area (Å²) in [4.78, 5) is 202. The predicted octanol–water partition coefficient (Wildman–Crippen LogP) is -0.463. The molecule has 0 saturated heterocycles. The number of esters is 3. The molecule has 4 rings (SSSR count). The van der Waals surface area contributed by atoms with Gasteiger partial charge < -0.3 is 91.3 Å². The van der Waals surface area contributed by atoms with Gasteiger partial charge in [0.15, 0.2) is 6.10 Å². The van der Waals surface area contributed by atoms with Crippen LogP contribution in [0.2, 0.25) is 0 Å². The molecule has 6 amide bonds. The number of benzene rings is 4. The van der Waals surface area contributed by atoms with Crippen LogP contribution in [0, 0.1) is 0 Å². The maximum atomic E-state index is 13.7. The van der Waals surface area contributed by atoms with E-state index in [9.17, 15) is 107 Å². The lowest BCUT2D eigenvalue weighted by molar-refractivity contribution is -0.168. The number of fused-ring (bicyclic) bond motifs is 2. The number of carbonyl (C=O) groups excluding carboxylic acids is 9. The smallest absolute Gasteiger partial charge is 0.326 e. The van der Waals surface area contributed by atoms with Crippen molar-refractivity contribution in [3.05, 3.63) is 83.9 Å². The summed E-state index contributed by atoms with van der Waals surface area (Å²) in [6.45, 7) is 1.74. The molecule has 0 aromatic heterocycles. The largest absolute Gasteiger partial charge is 0.497 e. The molecule has 93 heavy (non-hydrogen) atoms. The van der Waals surface area contributed by atoms with Gasteiger partial charge in [-0.25, -0.2) is 4.79 Å². The summed E-state index contributed by atoms with van der Waals surface area (Å²) in [6, 6.07) is 7.29. The molecule has 0 saturated carbocycles. The molecule has 0 spiro atoms. The van der Waals surface area contributed by atoms with Crippen LogP contribution >= 0.6 is 0 Å². The standard InChI is InChI=1S/C59H66N6O28/c1-27(29-5-7-33-17-35(89-3)11-9-31(33)15-29)58(87)92-26-37(93-59(88)28(2)30-6-8-34-18-36(90-4)12-10-32(34)16-30)25-91-51(79)14-13-44(66)60-38(19-45(67)68)52(80)61-39(20-46(69)70)53(81)62-40(21-47(71)72)54(82)63-41(22-48(73)74)55(83)64-42(23-49(75)76)56(84)65-43(57(85)86)24-50(77)78/h5-12,15-18,27-28,37-43H,13-14,19-26H2,1-4H3,(H,60,66)(H,61,80)(H,62,81)(H,63,82)(H,64,83)(H,65,84)(H,67,68)(H,69,70)(H,71,72)(H,73,74)(H,75,76)(H,77,78)(H,85,86)/t27-,28-,37?,38-,39-,40-,41-,42-,43-/m0/s1. The number of nitrogens with one attached hydrogen (secondary N) is 6. The summed E-state index contributed by atoms with van der Waals surface area (Å²) < 4.78 is 27.2. The van der Waals surface area contributed by atoms with E-state index in [-0.39, 0.29) is 0 Å². The van der Waals surface area contributed by atoms with Crippen LogP contribution in [-0.2, 0) is 90.9 Å². The van der Waals surface area contributed by atoms with E-state index >= 15 is 0 Å². The Morgan fingerprint density at radius 2 is 0.688 bits per heavy atom. The Labute approximate surface area is 525 Å². The van der Waals surface area contributed by atoms with E-state index < -0.39 is 214 Å². The second-order valence-electron chi connectivity index (χ2n) is 20.6. The number of ether oxygens (including phenoxy) is 5. The van der Waals surface area contributed by atoms with Gasteiger partial charge in [0.25, 0.3) is 0 Å². The van der Waals surface area contributed by atoms with Gasteiger partial charge in [-0.2, -0.15) is 0 Å². The van der Waals surface area contributed by atoms with Crippen molar-refractivity contribution in [2.75, 3.05) is 27.4 Å². The predicted molar refractivity (Wildman–Crippen MR) is 312 cm³/mol. The lowest BCUT2D eigenvalue weighted by Gasteiger charge is -2.26. The average molecular weight is 1310 g/mol. The fourth-order valence-corrected chi connectivity index (χ4v) is 8.63. The monoisotopic (exact) mass is 1310 g/mol. The number of carbonyl (C=O) groups is 16. The van der Waals surface area contributed by atoms with Crippen LogP contribution < -0.4 is 41.4 Å². The summed E-state index contributed by atoms with van der Waals surface area (Å²) in [5, 5.41) is 80.0. The number of hydrogen-bond donors (Lipinski definition) is 13. The zero-order valence-corrected chi connectivity index (χ0v) is 49.9. The number of hydrogen-bond acceptors (Lipinski definition) is 21. The van der Waals surface area contributed by atoms with E-state index in [0.29, 0.717) is 22.6 Å². The van der Waals surface area contributed by atoms with E-state index in [1.54, 1.807) is 108 Å². The Kier molecular flexibility index (Phi) is 27.9. The van der Waals surface area contributed by atoms with E-state index in [4.69, 9.17) is 28.8 Å². The number of rotatable bonds is 38. The van der Waals surface area contributed by atoms with Crippen molar-refractivity contribution in [2.24, 2.45) is 0 Å². The van der Waals surface area contributed by atoms with Crippen molar-refractivity contribution >= 4 is 117 Å². The summed E-state index contributed by atoms with van der Waals surface area (Å²) in [5.41, 5.74) is 1.09. The van der Waals surface area contributed by atoms with Crippen LogP contribution in [0.15, 0.2) is 72.8 Å². The molecule has 0 radical (unpaired) electrons. The van der Waals surface area contributed by atoms with Crippen molar-refractivity contribution in [2.45, 2.75) is 119 Å². The molecule has 13 N–H and O–H groups in total. The third kappa shape index (κ3) is 24.1. The second kappa shape index (κ2) is 35.1. The molecule has 0 bridgehead atoms. The van der Waals surface area contributed by atoms with E-state index in [1.165, 1.54) is 14.2 Å². The van der Waals surface area contributed by atoms with Gasteiger partial charge in [-0.15, -0.1) is 0 Å². The topological polar surface area (TPSA) is 533 Å². The molecule has 0 aliphatic heterocycles. The minimum absolute atomic E-state index is 0.523. The van der Waals surface area contributed by atoms with Crippen LogP contribution in [0.3, 0.4) is 0 Å². The molecule has 9 atom stereocenters. The summed E-state index contributed by atoms with van der Waals surface area (Å²) in [5.74, 6) is -25.7. The highest BCUT2D eigenvalue weighted by molar-refractivity contribution is 6.01. The lowest BCUT2D eigenvalue weighted by Crippen LogP contribution is -2.60. The number of carboxylic acids is 7. The first-order valence-corrected chi connectivity index (χ1v) is 27.8. The van der Waals surface area contributed by atoms with Crippen molar-refractivity contribution in [1.29, 1.82) is 0 Å². The first kappa shape index (κ1) is 74.0. The Morgan fingerprint density at radius 3 is 1.04 bits per heavy atom. The van der Waals surface area contributed by atoms with E-state index in [0.717, 1.165) is 21.5 Å². The second-order valence-corrected chi connectivity index (χ2v) is 20.6. The van der Waals surface area contributed by atoms with Gasteiger partial charge >= 0.3 is 59.7 Å². The van der Waals surface area contributed by atoms with Crippen LogP contribution in [0.1, 0.15) is 88.2 Å². The zero-order valence-electron chi connectivity index (χ0n) is 49.9. The Morgan fingerprint density at radius 1 is 0.376 bits per heavy atom. The molecule has 0 heterocycles. The van der Waals surface area contributed by atoms with Crippen molar-refractivity contribution < 1.29 is 136 Å². The van der Waals surface area contributed by atoms with Gasteiger partial charge in [-0.1, -0.05) is 48.5 Å². The van der Waals surface area contributed by atoms with E-state index in [2.05, 4.69) is 0 Å². The number of aliphatic carboxylic acids is 7. The minimum atomic E-state index is -2.41. The highest BCUT2D eigenvalue weighted by Crippen LogP contribution is 2.28. The average Bonchev–Trinajstić information content (AvgIpc) is 0.861. The molecule has 4 aromatic rings. The quantitative estimate of drug-likeness (QED) is 0.0199.